The maximum Gasteiger partial charge on any atom is 0.256 e. The van der Waals surface area contributed by atoms with Crippen LogP contribution in [0, 0.1) is 6.92 Å². The number of hydrogen-bond donors (Lipinski definition) is 1. The molecule has 0 saturated heterocycles. The Balaban J connectivity index is 1.73. The van der Waals surface area contributed by atoms with Crippen LogP contribution in [0.5, 0.6) is 0 Å². The first-order valence-corrected chi connectivity index (χ1v) is 7.59. The van der Waals surface area contributed by atoms with E-state index >= 15 is 0 Å². The van der Waals surface area contributed by atoms with Crippen molar-refractivity contribution in [1.82, 2.24) is 29.5 Å². The van der Waals surface area contributed by atoms with Gasteiger partial charge >= 0.3 is 0 Å². The third-order valence-corrected chi connectivity index (χ3v) is 4.45. The van der Waals surface area contributed by atoms with Gasteiger partial charge < -0.3 is 9.88 Å². The van der Waals surface area contributed by atoms with Crippen molar-refractivity contribution in [3.63, 3.8) is 0 Å². The predicted molar refractivity (Wildman–Crippen MR) is 85.5 cm³/mol. The molecular weight excluding hydrogens is 294 g/mol. The van der Waals surface area contributed by atoms with Crippen molar-refractivity contribution in [3.8, 4) is 0 Å². The molecule has 0 saturated carbocycles. The number of aryl methyl sites for hydroxylation is 1. The number of nitrogens with one attached hydrogen (secondary N) is 1. The van der Waals surface area contributed by atoms with Crippen molar-refractivity contribution in [2.75, 3.05) is 18.0 Å². The van der Waals surface area contributed by atoms with Crippen molar-refractivity contribution in [2.45, 2.75) is 19.8 Å². The van der Waals surface area contributed by atoms with Crippen LogP contribution in [0.3, 0.4) is 0 Å². The van der Waals surface area contributed by atoms with Crippen LogP contribution in [0.4, 0.5) is 5.82 Å². The van der Waals surface area contributed by atoms with E-state index < -0.39 is 0 Å². The highest BCUT2D eigenvalue weighted by atomic mass is 16.1. The number of anilines is 1. The lowest BCUT2D eigenvalue weighted by molar-refractivity contribution is 0.736. The number of rotatable bonds is 1. The topological polar surface area (TPSA) is 92.6 Å². The first-order chi connectivity index (χ1) is 11.1. The zero-order chi connectivity index (χ0) is 16.0. The zero-order valence-corrected chi connectivity index (χ0v) is 13.1. The normalized spacial score (nSPS) is 14.8. The van der Waals surface area contributed by atoms with Gasteiger partial charge in [-0.15, -0.1) is 0 Å². The third-order valence-electron chi connectivity index (χ3n) is 4.45. The quantitative estimate of drug-likeness (QED) is 0.697. The van der Waals surface area contributed by atoms with Crippen LogP contribution in [0.1, 0.15) is 17.1 Å². The molecule has 0 bridgehead atoms. The minimum absolute atomic E-state index is 0.0590. The Labute approximate surface area is 132 Å². The fourth-order valence-electron chi connectivity index (χ4n) is 3.07. The Morgan fingerprint density at radius 3 is 2.87 bits per heavy atom. The van der Waals surface area contributed by atoms with Crippen molar-refractivity contribution >= 4 is 17.0 Å². The standard InChI is InChI=1S/C15H17N7O/c1-9-20-11-4-6-22(5-3-10(11)15(23)21(9)2)14-12-13(17-7-16-12)18-8-19-14/h7-8H,3-6H2,1-2H3,(H,16,17,18,19). The molecular formula is C15H17N7O. The Hall–Kier alpha value is -2.77. The summed E-state index contributed by atoms with van der Waals surface area (Å²) in [6, 6.07) is 0. The summed E-state index contributed by atoms with van der Waals surface area (Å²) in [7, 11) is 1.77. The highest BCUT2D eigenvalue weighted by Crippen LogP contribution is 2.22. The first-order valence-electron chi connectivity index (χ1n) is 7.59. The zero-order valence-electron chi connectivity index (χ0n) is 13.1. The molecule has 118 valence electrons. The second-order valence-electron chi connectivity index (χ2n) is 5.73. The molecule has 3 aromatic heterocycles. The fourth-order valence-corrected chi connectivity index (χ4v) is 3.07. The molecule has 1 aliphatic rings. The molecule has 4 heterocycles. The van der Waals surface area contributed by atoms with E-state index in [1.54, 1.807) is 17.9 Å². The highest BCUT2D eigenvalue weighted by molar-refractivity contribution is 5.82. The molecule has 0 atom stereocenters. The maximum absolute atomic E-state index is 12.5. The van der Waals surface area contributed by atoms with Crippen LogP contribution in [-0.4, -0.2) is 42.6 Å². The molecule has 0 spiro atoms. The molecule has 3 aromatic rings. The molecule has 0 fully saturated rings. The fraction of sp³-hybridized carbons (Fsp3) is 0.400. The Bertz CT molecular complexity index is 943. The van der Waals surface area contributed by atoms with E-state index in [9.17, 15) is 4.79 Å². The summed E-state index contributed by atoms with van der Waals surface area (Å²) in [5.41, 5.74) is 3.26. The van der Waals surface area contributed by atoms with E-state index in [4.69, 9.17) is 0 Å². The van der Waals surface area contributed by atoms with Gasteiger partial charge in [0.15, 0.2) is 11.5 Å². The third kappa shape index (κ3) is 2.18. The largest absolute Gasteiger partial charge is 0.354 e. The van der Waals surface area contributed by atoms with Crippen LogP contribution in [0.15, 0.2) is 17.4 Å². The average molecular weight is 311 g/mol. The Morgan fingerprint density at radius 2 is 2.00 bits per heavy atom. The van der Waals surface area contributed by atoms with E-state index in [0.29, 0.717) is 12.1 Å². The van der Waals surface area contributed by atoms with Gasteiger partial charge in [-0.25, -0.2) is 19.9 Å². The number of H-pyrrole nitrogens is 1. The van der Waals surface area contributed by atoms with Gasteiger partial charge in [0.05, 0.1) is 12.0 Å². The monoisotopic (exact) mass is 311 g/mol. The molecule has 0 aromatic carbocycles. The highest BCUT2D eigenvalue weighted by Gasteiger charge is 2.21. The molecule has 1 N–H and O–H groups in total. The van der Waals surface area contributed by atoms with Gasteiger partial charge in [0, 0.05) is 32.1 Å². The molecule has 23 heavy (non-hydrogen) atoms. The van der Waals surface area contributed by atoms with Gasteiger partial charge in [-0.2, -0.15) is 0 Å². The molecule has 0 radical (unpaired) electrons. The van der Waals surface area contributed by atoms with Crippen molar-refractivity contribution in [3.05, 3.63) is 40.1 Å². The van der Waals surface area contributed by atoms with E-state index in [-0.39, 0.29) is 5.56 Å². The summed E-state index contributed by atoms with van der Waals surface area (Å²) in [5, 5.41) is 0. The molecule has 0 unspecified atom stereocenters. The minimum Gasteiger partial charge on any atom is -0.354 e. The van der Waals surface area contributed by atoms with Crippen molar-refractivity contribution in [1.29, 1.82) is 0 Å². The number of aromatic nitrogens is 6. The number of nitrogens with zero attached hydrogens (tertiary/aromatic N) is 6. The van der Waals surface area contributed by atoms with E-state index in [2.05, 4.69) is 29.8 Å². The molecule has 4 rings (SSSR count). The molecule has 0 aliphatic carbocycles. The number of hydrogen-bond acceptors (Lipinski definition) is 6. The molecule has 8 heteroatoms. The van der Waals surface area contributed by atoms with Crippen molar-refractivity contribution < 1.29 is 0 Å². The maximum atomic E-state index is 12.5. The Morgan fingerprint density at radius 1 is 1.17 bits per heavy atom. The van der Waals surface area contributed by atoms with Gasteiger partial charge in [-0.1, -0.05) is 0 Å². The summed E-state index contributed by atoms with van der Waals surface area (Å²) < 4.78 is 1.62. The van der Waals surface area contributed by atoms with Crippen LogP contribution >= 0.6 is 0 Å². The molecule has 0 amide bonds. The Kier molecular flexibility index (Phi) is 3.10. The number of fused-ring (bicyclic) bond motifs is 2. The van der Waals surface area contributed by atoms with Gasteiger partial charge in [0.1, 0.15) is 17.7 Å². The average Bonchev–Trinajstić information content (AvgIpc) is 2.94. The lowest BCUT2D eigenvalue weighted by Crippen LogP contribution is -2.28. The lowest BCUT2D eigenvalue weighted by Gasteiger charge is -2.21. The van der Waals surface area contributed by atoms with E-state index in [1.807, 2.05) is 6.92 Å². The summed E-state index contributed by atoms with van der Waals surface area (Å²) in [6.45, 7) is 3.35. The predicted octanol–water partition coefficient (Wildman–Crippen LogP) is 0.360. The molecule has 8 nitrogen and oxygen atoms in total. The summed E-state index contributed by atoms with van der Waals surface area (Å²) in [4.78, 5) is 35.1. The summed E-state index contributed by atoms with van der Waals surface area (Å²) >= 11 is 0. The minimum atomic E-state index is 0.0590. The van der Waals surface area contributed by atoms with Gasteiger partial charge in [0.25, 0.3) is 5.56 Å². The smallest absolute Gasteiger partial charge is 0.256 e. The lowest BCUT2D eigenvalue weighted by atomic mass is 10.1. The van der Waals surface area contributed by atoms with Crippen LogP contribution in [-0.2, 0) is 19.9 Å². The second kappa shape index (κ2) is 5.15. The van der Waals surface area contributed by atoms with Gasteiger partial charge in [-0.3, -0.25) is 9.36 Å². The molecule has 1 aliphatic heterocycles. The number of imidazole rings is 1. The summed E-state index contributed by atoms with van der Waals surface area (Å²) in [5.74, 6) is 1.58. The van der Waals surface area contributed by atoms with Gasteiger partial charge in [-0.05, 0) is 13.3 Å². The SMILES string of the molecule is Cc1nc2c(c(=O)n1C)CCN(c1ncnc3nc[nH]c13)CC2. The van der Waals surface area contributed by atoms with E-state index in [1.165, 1.54) is 6.33 Å². The second-order valence-corrected chi connectivity index (χ2v) is 5.73. The van der Waals surface area contributed by atoms with Gasteiger partial charge in [0.2, 0.25) is 0 Å². The first kappa shape index (κ1) is 13.9. The summed E-state index contributed by atoms with van der Waals surface area (Å²) in [6.07, 6.45) is 4.54. The van der Waals surface area contributed by atoms with Crippen LogP contribution in [0.25, 0.3) is 11.2 Å². The number of aromatic amines is 1. The van der Waals surface area contributed by atoms with Crippen molar-refractivity contribution in [2.24, 2.45) is 7.05 Å². The van der Waals surface area contributed by atoms with E-state index in [0.717, 1.165) is 47.9 Å². The van der Waals surface area contributed by atoms with Crippen LogP contribution in [0.2, 0.25) is 0 Å². The van der Waals surface area contributed by atoms with Crippen LogP contribution < -0.4 is 10.5 Å².